The molecule has 4 aromatic rings. The van der Waals surface area contributed by atoms with E-state index in [1.54, 1.807) is 14.2 Å². The van der Waals surface area contributed by atoms with E-state index in [0.717, 1.165) is 33.8 Å². The van der Waals surface area contributed by atoms with Crippen molar-refractivity contribution in [2.45, 2.75) is 19.5 Å². The van der Waals surface area contributed by atoms with Gasteiger partial charge in [-0.2, -0.15) is 0 Å². The SMILES string of the molecule is COc1ccc(C(NCc2cc3c(C)cccc3[nH]2)c2ccccc2Cl)c(OC)c1. The minimum atomic E-state index is -0.146. The first-order chi connectivity index (χ1) is 14.6. The predicted molar refractivity (Wildman–Crippen MR) is 123 cm³/mol. The highest BCUT2D eigenvalue weighted by Crippen LogP contribution is 2.36. The molecule has 30 heavy (non-hydrogen) atoms. The van der Waals surface area contributed by atoms with Crippen LogP contribution in [0.2, 0.25) is 5.02 Å². The van der Waals surface area contributed by atoms with Crippen LogP contribution in [-0.4, -0.2) is 19.2 Å². The Labute approximate surface area is 181 Å². The topological polar surface area (TPSA) is 46.3 Å². The molecular weight excluding hydrogens is 396 g/mol. The number of fused-ring (bicyclic) bond motifs is 1. The highest BCUT2D eigenvalue weighted by atomic mass is 35.5. The summed E-state index contributed by atoms with van der Waals surface area (Å²) in [4.78, 5) is 3.51. The van der Waals surface area contributed by atoms with Crippen LogP contribution in [0.25, 0.3) is 10.9 Å². The van der Waals surface area contributed by atoms with E-state index in [4.69, 9.17) is 21.1 Å². The molecule has 1 aromatic heterocycles. The minimum absolute atomic E-state index is 0.146. The summed E-state index contributed by atoms with van der Waals surface area (Å²) in [5.74, 6) is 1.50. The number of rotatable bonds is 7. The van der Waals surface area contributed by atoms with Gasteiger partial charge >= 0.3 is 0 Å². The fraction of sp³-hybridized carbons (Fsp3) is 0.200. The molecule has 1 heterocycles. The number of halogens is 1. The average Bonchev–Trinajstić information content (AvgIpc) is 3.19. The maximum Gasteiger partial charge on any atom is 0.127 e. The average molecular weight is 421 g/mol. The van der Waals surface area contributed by atoms with Gasteiger partial charge in [0.1, 0.15) is 11.5 Å². The van der Waals surface area contributed by atoms with Crippen molar-refractivity contribution in [3.63, 3.8) is 0 Å². The van der Waals surface area contributed by atoms with Gasteiger partial charge in [0.15, 0.2) is 0 Å². The number of aromatic amines is 1. The molecular formula is C25H25ClN2O2. The van der Waals surface area contributed by atoms with Crippen LogP contribution in [0, 0.1) is 6.92 Å². The van der Waals surface area contributed by atoms with E-state index in [0.29, 0.717) is 11.6 Å². The highest BCUT2D eigenvalue weighted by Gasteiger charge is 2.21. The smallest absolute Gasteiger partial charge is 0.127 e. The van der Waals surface area contributed by atoms with Crippen molar-refractivity contribution in [2.24, 2.45) is 0 Å². The van der Waals surface area contributed by atoms with Crippen molar-refractivity contribution in [3.05, 3.63) is 94.1 Å². The van der Waals surface area contributed by atoms with Gasteiger partial charge in [0.05, 0.1) is 20.3 Å². The van der Waals surface area contributed by atoms with Crippen molar-refractivity contribution < 1.29 is 9.47 Å². The van der Waals surface area contributed by atoms with Crippen LogP contribution in [0.3, 0.4) is 0 Å². The van der Waals surface area contributed by atoms with Crippen LogP contribution in [0.1, 0.15) is 28.4 Å². The van der Waals surface area contributed by atoms with E-state index in [1.807, 2.05) is 42.5 Å². The highest BCUT2D eigenvalue weighted by molar-refractivity contribution is 6.31. The van der Waals surface area contributed by atoms with Gasteiger partial charge in [0.25, 0.3) is 0 Å². The van der Waals surface area contributed by atoms with E-state index < -0.39 is 0 Å². The lowest BCUT2D eigenvalue weighted by atomic mass is 9.97. The summed E-state index contributed by atoms with van der Waals surface area (Å²) >= 11 is 6.58. The van der Waals surface area contributed by atoms with Gasteiger partial charge in [0.2, 0.25) is 0 Å². The summed E-state index contributed by atoms with van der Waals surface area (Å²) < 4.78 is 11.0. The van der Waals surface area contributed by atoms with Gasteiger partial charge in [-0.1, -0.05) is 41.9 Å². The van der Waals surface area contributed by atoms with Crippen LogP contribution in [0.15, 0.2) is 66.7 Å². The molecule has 1 unspecified atom stereocenters. The zero-order chi connectivity index (χ0) is 21.1. The summed E-state index contributed by atoms with van der Waals surface area (Å²) in [6.45, 7) is 2.78. The second-order valence-corrected chi connectivity index (χ2v) is 7.68. The zero-order valence-corrected chi connectivity index (χ0v) is 18.1. The van der Waals surface area contributed by atoms with Crippen LogP contribution < -0.4 is 14.8 Å². The first-order valence-electron chi connectivity index (χ1n) is 9.87. The summed E-state index contributed by atoms with van der Waals surface area (Å²) in [7, 11) is 3.32. The Morgan fingerprint density at radius 1 is 0.933 bits per heavy atom. The minimum Gasteiger partial charge on any atom is -0.497 e. The molecule has 0 amide bonds. The Kier molecular flexibility index (Phi) is 5.98. The fourth-order valence-electron chi connectivity index (χ4n) is 3.83. The first kappa shape index (κ1) is 20.3. The maximum atomic E-state index is 6.58. The lowest BCUT2D eigenvalue weighted by Gasteiger charge is -2.23. The largest absolute Gasteiger partial charge is 0.497 e. The number of aromatic nitrogens is 1. The molecule has 0 radical (unpaired) electrons. The van der Waals surface area contributed by atoms with Crippen molar-refractivity contribution in [1.82, 2.24) is 10.3 Å². The molecule has 0 aliphatic heterocycles. The number of H-pyrrole nitrogens is 1. The summed E-state index contributed by atoms with van der Waals surface area (Å²) in [6, 6.07) is 22.1. The molecule has 5 heteroatoms. The molecule has 0 saturated heterocycles. The van der Waals surface area contributed by atoms with E-state index in [9.17, 15) is 0 Å². The molecule has 0 fully saturated rings. The van der Waals surface area contributed by atoms with Gasteiger partial charge in [-0.3, -0.25) is 0 Å². The third-order valence-corrected chi connectivity index (χ3v) is 5.75. The van der Waals surface area contributed by atoms with E-state index >= 15 is 0 Å². The molecule has 0 aliphatic carbocycles. The van der Waals surface area contributed by atoms with Crippen molar-refractivity contribution in [2.75, 3.05) is 14.2 Å². The number of hydrogen-bond donors (Lipinski definition) is 2. The second kappa shape index (κ2) is 8.82. The van der Waals surface area contributed by atoms with Gasteiger partial charge in [-0.05, 0) is 48.4 Å². The molecule has 0 aliphatic rings. The molecule has 2 N–H and O–H groups in total. The summed E-state index contributed by atoms with van der Waals surface area (Å²) in [5, 5.41) is 5.62. The Bertz CT molecular complexity index is 1170. The maximum absolute atomic E-state index is 6.58. The monoisotopic (exact) mass is 420 g/mol. The predicted octanol–water partition coefficient (Wildman–Crippen LogP) is 6.03. The van der Waals surface area contributed by atoms with Crippen LogP contribution in [0.4, 0.5) is 0 Å². The zero-order valence-electron chi connectivity index (χ0n) is 17.3. The van der Waals surface area contributed by atoms with Gasteiger partial charge < -0.3 is 19.8 Å². The molecule has 0 spiro atoms. The fourth-order valence-corrected chi connectivity index (χ4v) is 4.07. The van der Waals surface area contributed by atoms with Crippen LogP contribution in [0.5, 0.6) is 11.5 Å². The molecule has 0 bridgehead atoms. The normalized spacial score (nSPS) is 12.1. The number of benzene rings is 3. The third kappa shape index (κ3) is 4.02. The third-order valence-electron chi connectivity index (χ3n) is 5.40. The quantitative estimate of drug-likeness (QED) is 0.384. The Hall–Kier alpha value is -2.95. The van der Waals surface area contributed by atoms with Crippen LogP contribution in [-0.2, 0) is 6.54 Å². The Morgan fingerprint density at radius 3 is 2.50 bits per heavy atom. The molecule has 1 atom stereocenters. The van der Waals surface area contributed by atoms with Crippen molar-refractivity contribution in [1.29, 1.82) is 0 Å². The number of aryl methyl sites for hydroxylation is 1. The van der Waals surface area contributed by atoms with Crippen molar-refractivity contribution >= 4 is 22.5 Å². The first-order valence-corrected chi connectivity index (χ1v) is 10.3. The summed E-state index contributed by atoms with van der Waals surface area (Å²) in [5.41, 5.74) is 5.51. The number of ether oxygens (including phenoxy) is 2. The van der Waals surface area contributed by atoms with Crippen molar-refractivity contribution in [3.8, 4) is 11.5 Å². The Balaban J connectivity index is 1.71. The van der Waals surface area contributed by atoms with Gasteiger partial charge in [-0.25, -0.2) is 0 Å². The van der Waals surface area contributed by atoms with Crippen LogP contribution >= 0.6 is 11.6 Å². The molecule has 0 saturated carbocycles. The molecule has 3 aromatic carbocycles. The van der Waals surface area contributed by atoms with Gasteiger partial charge in [-0.15, -0.1) is 0 Å². The number of hydrogen-bond acceptors (Lipinski definition) is 3. The second-order valence-electron chi connectivity index (χ2n) is 7.27. The molecule has 154 valence electrons. The Morgan fingerprint density at radius 2 is 1.77 bits per heavy atom. The van der Waals surface area contributed by atoms with E-state index in [2.05, 4.69) is 41.5 Å². The number of nitrogens with one attached hydrogen (secondary N) is 2. The molecule has 4 nitrogen and oxygen atoms in total. The van der Waals surface area contributed by atoms with Gasteiger partial charge in [0, 0.05) is 39.8 Å². The van der Waals surface area contributed by atoms with E-state index in [-0.39, 0.29) is 6.04 Å². The molecule has 4 rings (SSSR count). The standard InChI is InChI=1S/C25H25ClN2O2/c1-16-7-6-10-23-21(16)13-17(28-23)15-27-25(19-8-4-5-9-22(19)26)20-12-11-18(29-2)14-24(20)30-3/h4-14,25,27-28H,15H2,1-3H3. The lowest BCUT2D eigenvalue weighted by molar-refractivity contribution is 0.387. The van der Waals surface area contributed by atoms with E-state index in [1.165, 1.54) is 10.9 Å². The number of methoxy groups -OCH3 is 2. The lowest BCUT2D eigenvalue weighted by Crippen LogP contribution is -2.23. The summed E-state index contributed by atoms with van der Waals surface area (Å²) in [6.07, 6.45) is 0.